The average molecular weight is 851 g/mol. The van der Waals surface area contributed by atoms with Crippen molar-refractivity contribution in [1.82, 2.24) is 39.0 Å². The van der Waals surface area contributed by atoms with E-state index >= 15 is 0 Å². The van der Waals surface area contributed by atoms with Crippen LogP contribution in [-0.4, -0.2) is 138 Å². The summed E-state index contributed by atoms with van der Waals surface area (Å²) in [5.74, 6) is 2.49. The summed E-state index contributed by atoms with van der Waals surface area (Å²) in [7, 11) is 0. The number of nitrogens with zero attached hydrogens (tertiary/aromatic N) is 11. The van der Waals surface area contributed by atoms with Crippen molar-refractivity contribution in [1.29, 1.82) is 0 Å². The highest BCUT2D eigenvalue weighted by Crippen LogP contribution is 2.34. The Kier molecular flexibility index (Phi) is 14.8. The van der Waals surface area contributed by atoms with Crippen LogP contribution in [0.15, 0.2) is 34.3 Å². The van der Waals surface area contributed by atoms with Gasteiger partial charge in [-0.15, -0.1) is 0 Å². The van der Waals surface area contributed by atoms with Crippen LogP contribution in [0.5, 0.6) is 0 Å². The number of fused-ring (bicyclic) bond motifs is 2. The molecule has 6 heterocycles. The number of rotatable bonds is 13. The van der Waals surface area contributed by atoms with Crippen LogP contribution in [0.2, 0.25) is 0 Å². The molecule has 4 aromatic heterocycles. The molecule has 9 rings (SSSR count). The largest absolute Gasteiger partial charge is 0.394 e. The zero-order valence-electron chi connectivity index (χ0n) is 33.1. The first-order valence-corrected chi connectivity index (χ1v) is 20.9. The van der Waals surface area contributed by atoms with E-state index in [0.717, 1.165) is 38.5 Å². The molecular formula is C39H58N14O8. The predicted octanol–water partition coefficient (Wildman–Crippen LogP) is 2.28. The summed E-state index contributed by atoms with van der Waals surface area (Å²) >= 11 is 0. The highest BCUT2D eigenvalue weighted by molar-refractivity contribution is 5.85. The number of hydrogen-bond donors (Lipinski definition) is 9. The van der Waals surface area contributed by atoms with Gasteiger partial charge in [0.1, 0.15) is 43.0 Å². The van der Waals surface area contributed by atoms with E-state index in [1.54, 1.807) is 0 Å². The second-order valence-corrected chi connectivity index (χ2v) is 16.0. The van der Waals surface area contributed by atoms with E-state index in [2.05, 4.69) is 61.5 Å². The first-order valence-electron chi connectivity index (χ1n) is 20.9. The lowest BCUT2D eigenvalue weighted by molar-refractivity contribution is -0.0511. The molecule has 332 valence electrons. The van der Waals surface area contributed by atoms with E-state index in [0.29, 0.717) is 51.7 Å². The van der Waals surface area contributed by atoms with Gasteiger partial charge in [0.2, 0.25) is 5.95 Å². The SMILES string of the molecule is C.OC[C@H]1O[C@@H](n2cnc3c(N/N=C\C4CCCC4)nc(N/N=C\C4CCCC4)nc32)[C@H](O)[C@@H]1O.OC[C@H]1O[C@@H](n2cnc3c(N/N=C\C4CCCC4)ncnc32)[C@H](O)[C@@H]1O. The highest BCUT2D eigenvalue weighted by atomic mass is 16.6. The Balaban J connectivity index is 0.000000187. The molecule has 0 spiro atoms. The predicted molar refractivity (Wildman–Crippen MR) is 226 cm³/mol. The maximum Gasteiger partial charge on any atom is 0.247 e. The van der Waals surface area contributed by atoms with Crippen molar-refractivity contribution >= 4 is 58.6 Å². The minimum atomic E-state index is -1.25. The molecule has 4 aromatic rings. The van der Waals surface area contributed by atoms with Crippen molar-refractivity contribution in [2.45, 2.75) is 134 Å². The Labute approximate surface area is 352 Å². The fraction of sp³-hybridized carbons (Fsp3) is 0.667. The number of aliphatic hydroxyl groups is 6. The van der Waals surface area contributed by atoms with Gasteiger partial charge in [-0.05, 0) is 56.3 Å². The Hall–Kier alpha value is -4.81. The van der Waals surface area contributed by atoms with Gasteiger partial charge >= 0.3 is 0 Å². The van der Waals surface area contributed by atoms with Gasteiger partial charge in [-0.25, -0.2) is 25.4 Å². The molecule has 8 atom stereocenters. The standard InChI is InChI=1S/C22H32N8O4.C16H22N6O4.CH4/c31-11-15-17(32)18(33)21(34-15)30-12-23-16-19(28-24-9-13-5-1-2-6-13)26-22(27-20(16)30)29-25-10-14-7-3-4-8-14;23-6-10-12(24)13(25)16(26-10)22-8-19-11-14(17-7-18-15(11)22)21-20-5-9-3-1-2-4-9;/h9-10,12-15,17-18,21,31-33H,1-8,11H2,(H2,26,27,28,29);5,7-10,12-13,16,23-25H,1-4,6H2,(H,17,18,21);1H4/b24-9-,25-10-;20-5-;/t15-,17-,18-,21-;10-,12-,13-,16-;/m11./s1. The number of nitrogens with one attached hydrogen (secondary N) is 3. The van der Waals surface area contributed by atoms with Crippen LogP contribution in [0, 0.1) is 17.8 Å². The molecule has 61 heavy (non-hydrogen) atoms. The second-order valence-electron chi connectivity index (χ2n) is 16.0. The smallest absolute Gasteiger partial charge is 0.247 e. The third-order valence-corrected chi connectivity index (χ3v) is 11.9. The van der Waals surface area contributed by atoms with Gasteiger partial charge in [0.25, 0.3) is 0 Å². The Morgan fingerprint density at radius 2 is 1.02 bits per heavy atom. The Bertz CT molecular complexity index is 2120. The molecule has 22 nitrogen and oxygen atoms in total. The van der Waals surface area contributed by atoms with Crippen molar-refractivity contribution in [2.24, 2.45) is 33.1 Å². The topological polar surface area (TPSA) is 300 Å². The quantitative estimate of drug-likeness (QED) is 0.0688. The average Bonchev–Trinajstić information content (AvgIpc) is 4.13. The zero-order chi connectivity index (χ0) is 41.6. The summed E-state index contributed by atoms with van der Waals surface area (Å²) in [5, 5.41) is 72.5. The maximum absolute atomic E-state index is 10.5. The molecule has 2 aliphatic heterocycles. The number of anilines is 3. The van der Waals surface area contributed by atoms with E-state index in [9.17, 15) is 30.6 Å². The Morgan fingerprint density at radius 3 is 1.49 bits per heavy atom. The fourth-order valence-corrected chi connectivity index (χ4v) is 8.50. The van der Waals surface area contributed by atoms with Crippen molar-refractivity contribution in [3.63, 3.8) is 0 Å². The summed E-state index contributed by atoms with van der Waals surface area (Å²) in [6.45, 7) is -0.805. The lowest BCUT2D eigenvalue weighted by Crippen LogP contribution is -2.33. The van der Waals surface area contributed by atoms with Gasteiger partial charge in [-0.1, -0.05) is 46.0 Å². The van der Waals surface area contributed by atoms with Crippen LogP contribution in [0.4, 0.5) is 17.6 Å². The van der Waals surface area contributed by atoms with Gasteiger partial charge in [-0.3, -0.25) is 20.0 Å². The summed E-state index contributed by atoms with van der Waals surface area (Å²) in [6, 6.07) is 0. The number of aliphatic hydroxyl groups excluding tert-OH is 6. The number of ether oxygens (including phenoxy) is 2. The van der Waals surface area contributed by atoms with Crippen LogP contribution in [0.3, 0.4) is 0 Å². The second kappa shape index (κ2) is 20.4. The van der Waals surface area contributed by atoms with Gasteiger partial charge in [0.15, 0.2) is 46.4 Å². The summed E-state index contributed by atoms with van der Waals surface area (Å²) in [5.41, 5.74) is 10.5. The summed E-state index contributed by atoms with van der Waals surface area (Å²) < 4.78 is 14.3. The molecule has 0 amide bonds. The third kappa shape index (κ3) is 9.81. The number of aromatic nitrogens is 8. The molecule has 3 aliphatic carbocycles. The highest BCUT2D eigenvalue weighted by Gasteiger charge is 2.45. The minimum Gasteiger partial charge on any atom is -0.394 e. The van der Waals surface area contributed by atoms with Crippen molar-refractivity contribution in [3.8, 4) is 0 Å². The van der Waals surface area contributed by atoms with Gasteiger partial charge in [-0.2, -0.15) is 25.3 Å². The van der Waals surface area contributed by atoms with Crippen LogP contribution >= 0.6 is 0 Å². The Morgan fingerprint density at radius 1 is 0.574 bits per heavy atom. The molecule has 5 fully saturated rings. The molecule has 0 unspecified atom stereocenters. The number of hydrazone groups is 3. The molecule has 5 aliphatic rings. The summed E-state index contributed by atoms with van der Waals surface area (Å²) in [4.78, 5) is 26.1. The maximum atomic E-state index is 10.5. The van der Waals surface area contributed by atoms with Crippen molar-refractivity contribution in [3.05, 3.63) is 19.0 Å². The first-order chi connectivity index (χ1) is 29.3. The normalized spacial score (nSPS) is 28.8. The minimum absolute atomic E-state index is 0. The van der Waals surface area contributed by atoms with Gasteiger partial charge in [0, 0.05) is 18.6 Å². The van der Waals surface area contributed by atoms with E-state index in [1.807, 2.05) is 18.6 Å². The number of hydrogen-bond acceptors (Lipinski definition) is 20. The van der Waals surface area contributed by atoms with Crippen LogP contribution in [0.25, 0.3) is 22.3 Å². The molecule has 3 saturated carbocycles. The molecule has 0 bridgehead atoms. The van der Waals surface area contributed by atoms with Crippen LogP contribution in [0.1, 0.15) is 96.9 Å². The molecular weight excluding hydrogens is 793 g/mol. The molecule has 2 saturated heterocycles. The third-order valence-electron chi connectivity index (χ3n) is 11.9. The lowest BCUT2D eigenvalue weighted by Gasteiger charge is -2.16. The van der Waals surface area contributed by atoms with Crippen molar-refractivity contribution in [2.75, 3.05) is 29.5 Å². The first kappa shape index (κ1) is 44.3. The fourth-order valence-electron chi connectivity index (χ4n) is 8.50. The van der Waals surface area contributed by atoms with Crippen LogP contribution < -0.4 is 16.3 Å². The van der Waals surface area contributed by atoms with E-state index in [1.165, 1.54) is 66.6 Å². The zero-order valence-corrected chi connectivity index (χ0v) is 33.1. The molecule has 0 aromatic carbocycles. The molecule has 9 N–H and O–H groups in total. The molecule has 22 heteroatoms. The van der Waals surface area contributed by atoms with Crippen molar-refractivity contribution < 1.29 is 40.1 Å². The van der Waals surface area contributed by atoms with Gasteiger partial charge in [0.05, 0.1) is 25.9 Å². The van der Waals surface area contributed by atoms with E-state index < -0.39 is 55.7 Å². The van der Waals surface area contributed by atoms with Gasteiger partial charge < -0.3 is 40.1 Å². The van der Waals surface area contributed by atoms with E-state index in [4.69, 9.17) is 9.47 Å². The van der Waals surface area contributed by atoms with Crippen LogP contribution in [-0.2, 0) is 9.47 Å². The van der Waals surface area contributed by atoms with E-state index in [-0.39, 0.29) is 20.0 Å². The summed E-state index contributed by atoms with van der Waals surface area (Å²) in [6.07, 6.45) is 15.7. The monoisotopic (exact) mass is 850 g/mol. The lowest BCUT2D eigenvalue weighted by atomic mass is 10.1. The molecule has 0 radical (unpaired) electrons. The number of imidazole rings is 2.